The molecule has 18 N–H and O–H groups in total. The van der Waals surface area contributed by atoms with Crippen molar-refractivity contribution in [3.8, 4) is 0 Å². The highest BCUT2D eigenvalue weighted by molar-refractivity contribution is 7.98. The van der Waals surface area contributed by atoms with Gasteiger partial charge in [0.1, 0.15) is 30.2 Å². The van der Waals surface area contributed by atoms with Crippen LogP contribution in [0.25, 0.3) is 0 Å². The number of carboxylic acid groups (broad SMARTS) is 3. The maximum absolute atomic E-state index is 13.5. The van der Waals surface area contributed by atoms with Crippen LogP contribution in [0.5, 0.6) is 0 Å². The van der Waals surface area contributed by atoms with Crippen LogP contribution in [0.2, 0.25) is 0 Å². The van der Waals surface area contributed by atoms with Crippen molar-refractivity contribution in [1.82, 2.24) is 26.6 Å². The minimum atomic E-state index is -1.78. The molecule has 0 spiro atoms. The number of hydrogen-bond acceptors (Lipinski definition) is 13. The van der Waals surface area contributed by atoms with Gasteiger partial charge in [0, 0.05) is 19.4 Å². The third kappa shape index (κ3) is 21.0. The summed E-state index contributed by atoms with van der Waals surface area (Å²) in [6.45, 7) is 0.142. The minimum Gasteiger partial charge on any atom is -0.481 e. The number of hydrogen-bond donors (Lipinski definition) is 13. The summed E-state index contributed by atoms with van der Waals surface area (Å²) in [4.78, 5) is 127. The second-order valence-electron chi connectivity index (χ2n) is 11.7. The molecule has 0 radical (unpaired) electrons. The molecule has 0 aromatic heterocycles. The Morgan fingerprint density at radius 2 is 0.963 bits per heavy atom. The number of nitrogens with zero attached hydrogens (tertiary/aromatic N) is 1. The molecule has 0 aliphatic heterocycles. The van der Waals surface area contributed by atoms with E-state index in [4.69, 9.17) is 33.8 Å². The largest absolute Gasteiger partial charge is 0.481 e. The Hall–Kier alpha value is -5.72. The summed E-state index contributed by atoms with van der Waals surface area (Å²) in [7, 11) is 0. The molecule has 0 saturated heterocycles. The van der Waals surface area contributed by atoms with E-state index < -0.39 is 134 Å². The van der Waals surface area contributed by atoms with Gasteiger partial charge in [-0.2, -0.15) is 11.8 Å². The number of carbonyl (C=O) groups excluding carboxylic acids is 7. The molecule has 25 heteroatoms. The van der Waals surface area contributed by atoms with Crippen LogP contribution < -0.4 is 55.3 Å². The maximum Gasteiger partial charge on any atom is 0.326 e. The van der Waals surface area contributed by atoms with Crippen molar-refractivity contribution < 1.29 is 63.3 Å². The number of carboxylic acids is 3. The molecule has 6 atom stereocenters. The highest BCUT2D eigenvalue weighted by atomic mass is 32.2. The second-order valence-corrected chi connectivity index (χ2v) is 12.7. The van der Waals surface area contributed by atoms with E-state index >= 15 is 0 Å². The average molecular weight is 792 g/mol. The Morgan fingerprint density at radius 1 is 0.574 bits per heavy atom. The lowest BCUT2D eigenvalue weighted by atomic mass is 10.1. The van der Waals surface area contributed by atoms with Crippen LogP contribution in [-0.4, -0.2) is 135 Å². The molecule has 24 nitrogen and oxygen atoms in total. The Balaban J connectivity index is 6.17. The number of aliphatic imine (C=N–C) groups is 1. The topological polar surface area (TPSA) is 434 Å². The summed E-state index contributed by atoms with van der Waals surface area (Å²) in [5, 5.41) is 38.6. The molecule has 0 unspecified atom stereocenters. The van der Waals surface area contributed by atoms with Gasteiger partial charge in [0.2, 0.25) is 41.4 Å². The number of amides is 7. The Labute approximate surface area is 312 Å². The van der Waals surface area contributed by atoms with Crippen molar-refractivity contribution in [3.05, 3.63) is 0 Å². The number of rotatable bonds is 28. The van der Waals surface area contributed by atoms with Gasteiger partial charge in [0.15, 0.2) is 5.96 Å². The van der Waals surface area contributed by atoms with Gasteiger partial charge in [0.25, 0.3) is 0 Å². The van der Waals surface area contributed by atoms with Gasteiger partial charge < -0.3 is 70.6 Å². The van der Waals surface area contributed by atoms with Gasteiger partial charge in [-0.3, -0.25) is 48.1 Å². The van der Waals surface area contributed by atoms with E-state index in [1.165, 1.54) is 11.8 Å². The number of thioether (sulfide) groups is 1. The van der Waals surface area contributed by atoms with Gasteiger partial charge >= 0.3 is 17.9 Å². The van der Waals surface area contributed by atoms with Crippen LogP contribution in [0.1, 0.15) is 57.8 Å². The summed E-state index contributed by atoms with van der Waals surface area (Å²) < 4.78 is 0. The van der Waals surface area contributed by atoms with E-state index in [0.29, 0.717) is 0 Å². The zero-order valence-corrected chi connectivity index (χ0v) is 30.2. The lowest BCUT2D eigenvalue weighted by molar-refractivity contribution is -0.144. The van der Waals surface area contributed by atoms with E-state index in [1.54, 1.807) is 6.26 Å². The lowest BCUT2D eigenvalue weighted by Crippen LogP contribution is -2.60. The molecule has 54 heavy (non-hydrogen) atoms. The monoisotopic (exact) mass is 791 g/mol. The first-order valence-corrected chi connectivity index (χ1v) is 17.6. The standard InChI is InChI=1S/C29H49N11O13S/c1-54-10-8-15(25(49)40-18(12-20(32)42)27(51)38-16(28(52)53)5-7-22(45)46)37-24(48)14(4-6-21(43)44)36-26(50)17(11-19(31)41)39-23(47)13(30)3-2-9-35-29(33)34/h13-18H,2-12,30H2,1H3,(H2,31,41)(H2,32,42)(H,36,50)(H,37,48)(H,38,51)(H,39,47)(H,40,49)(H,43,44)(H,45,46)(H,52,53)(H4,33,34,35)/t13-,14-,15-,16-,17-,18-/m0/s1. The van der Waals surface area contributed by atoms with E-state index in [1.807, 2.05) is 5.32 Å². The van der Waals surface area contributed by atoms with Crippen molar-refractivity contribution in [1.29, 1.82) is 0 Å². The molecule has 0 rings (SSSR count). The molecule has 0 fully saturated rings. The fourth-order valence-corrected chi connectivity index (χ4v) is 4.88. The molecule has 7 amide bonds. The quantitative estimate of drug-likeness (QED) is 0.0199. The maximum atomic E-state index is 13.5. The van der Waals surface area contributed by atoms with Gasteiger partial charge in [-0.25, -0.2) is 4.79 Å². The lowest BCUT2D eigenvalue weighted by Gasteiger charge is -2.26. The zero-order valence-electron chi connectivity index (χ0n) is 29.4. The predicted molar refractivity (Wildman–Crippen MR) is 190 cm³/mol. The Kier molecular flexibility index (Phi) is 22.6. The first-order valence-electron chi connectivity index (χ1n) is 16.2. The number of primary amides is 2. The third-order valence-electron chi connectivity index (χ3n) is 7.17. The highest BCUT2D eigenvalue weighted by Gasteiger charge is 2.34. The van der Waals surface area contributed by atoms with Crippen LogP contribution in [0.15, 0.2) is 4.99 Å². The minimum absolute atomic E-state index is 0.0590. The van der Waals surface area contributed by atoms with Crippen LogP contribution in [0, 0.1) is 0 Å². The molecule has 0 aliphatic carbocycles. The molecule has 0 aliphatic rings. The summed E-state index contributed by atoms with van der Waals surface area (Å²) >= 11 is 1.23. The van der Waals surface area contributed by atoms with Crippen LogP contribution in [0.3, 0.4) is 0 Å². The van der Waals surface area contributed by atoms with Crippen LogP contribution >= 0.6 is 11.8 Å². The van der Waals surface area contributed by atoms with Gasteiger partial charge in [-0.1, -0.05) is 0 Å². The third-order valence-corrected chi connectivity index (χ3v) is 7.81. The van der Waals surface area contributed by atoms with Crippen molar-refractivity contribution in [3.63, 3.8) is 0 Å². The fourth-order valence-electron chi connectivity index (χ4n) is 4.41. The molecule has 0 saturated carbocycles. The van der Waals surface area contributed by atoms with Crippen molar-refractivity contribution in [2.75, 3.05) is 18.6 Å². The van der Waals surface area contributed by atoms with E-state index in [9.17, 15) is 58.2 Å². The zero-order chi connectivity index (χ0) is 41.5. The molecular weight excluding hydrogens is 742 g/mol. The van der Waals surface area contributed by atoms with E-state index in [0.717, 1.165) is 0 Å². The normalized spacial score (nSPS) is 14.0. The van der Waals surface area contributed by atoms with Crippen LogP contribution in [-0.2, 0) is 47.9 Å². The fraction of sp³-hybridized carbons (Fsp3) is 0.621. The van der Waals surface area contributed by atoms with Crippen molar-refractivity contribution in [2.24, 2.45) is 33.7 Å². The summed E-state index contributed by atoms with van der Waals surface area (Å²) in [6.07, 6.45) is -2.15. The molecule has 0 bridgehead atoms. The number of aliphatic carboxylic acids is 3. The van der Waals surface area contributed by atoms with Gasteiger partial charge in [-0.15, -0.1) is 0 Å². The van der Waals surface area contributed by atoms with Gasteiger partial charge in [0.05, 0.1) is 18.9 Å². The smallest absolute Gasteiger partial charge is 0.326 e. The van der Waals surface area contributed by atoms with Gasteiger partial charge in [-0.05, 0) is 44.1 Å². The predicted octanol–water partition coefficient (Wildman–Crippen LogP) is -5.89. The first-order chi connectivity index (χ1) is 25.2. The summed E-state index contributed by atoms with van der Waals surface area (Å²) in [6, 6.07) is -9.56. The highest BCUT2D eigenvalue weighted by Crippen LogP contribution is 2.08. The second kappa shape index (κ2) is 25.3. The first kappa shape index (κ1) is 48.3. The summed E-state index contributed by atoms with van der Waals surface area (Å²) in [5.41, 5.74) is 26.8. The molecule has 0 aromatic rings. The molecule has 304 valence electrons. The average Bonchev–Trinajstić information content (AvgIpc) is 3.06. The number of nitrogens with one attached hydrogen (secondary N) is 5. The van der Waals surface area contributed by atoms with E-state index in [2.05, 4.69) is 26.3 Å². The van der Waals surface area contributed by atoms with Crippen LogP contribution in [0.4, 0.5) is 0 Å². The Bertz CT molecular complexity index is 1410. The van der Waals surface area contributed by atoms with E-state index in [-0.39, 0.29) is 37.5 Å². The summed E-state index contributed by atoms with van der Waals surface area (Å²) in [5.74, 6) is -11.9. The van der Waals surface area contributed by atoms with Crippen molar-refractivity contribution in [2.45, 2.75) is 94.0 Å². The SMILES string of the molecule is CSCC[C@H](NC(=O)[C@H](CCC(=O)O)NC(=O)[C@H](CC(N)=O)NC(=O)[C@@H](N)CCCN=C(N)N)C(=O)N[C@@H](CC(N)=O)C(=O)N[C@@H](CCC(=O)O)C(=O)O. The molecule has 0 heterocycles. The Morgan fingerprint density at radius 3 is 1.37 bits per heavy atom. The molecular formula is C29H49N11O13S. The number of nitrogens with two attached hydrogens (primary N) is 5. The molecule has 0 aromatic carbocycles. The van der Waals surface area contributed by atoms with Crippen molar-refractivity contribution >= 4 is 77.0 Å². The number of carbonyl (C=O) groups is 10. The number of guanidine groups is 1.